The average Bonchev–Trinajstić information content (AvgIpc) is 3.40. The normalized spacial score (nSPS) is 31.6. The quantitative estimate of drug-likeness (QED) is 0.513. The third-order valence-corrected chi connectivity index (χ3v) is 8.73. The number of hydrogen-bond donors (Lipinski definition) is 1. The molecule has 2 aromatic rings. The van der Waals surface area contributed by atoms with Crippen molar-refractivity contribution in [2.24, 2.45) is 17.3 Å². The Kier molecular flexibility index (Phi) is 7.48. The van der Waals surface area contributed by atoms with Crippen LogP contribution in [-0.4, -0.2) is 63.5 Å². The van der Waals surface area contributed by atoms with Gasteiger partial charge in [0.2, 0.25) is 11.8 Å². The molecule has 3 aliphatic rings. The highest BCUT2D eigenvalue weighted by Gasteiger charge is 2.54. The van der Waals surface area contributed by atoms with Gasteiger partial charge in [-0.2, -0.15) is 0 Å². The Hall–Kier alpha value is -3.30. The summed E-state index contributed by atoms with van der Waals surface area (Å²) in [5, 5.41) is 2.81. The van der Waals surface area contributed by atoms with Gasteiger partial charge in [0.15, 0.2) is 0 Å². The maximum absolute atomic E-state index is 14.0. The lowest BCUT2D eigenvalue weighted by molar-refractivity contribution is -0.139. The number of benzene rings is 1. The van der Waals surface area contributed by atoms with Crippen LogP contribution in [0.25, 0.3) is 11.0 Å². The molecule has 9 nitrogen and oxygen atoms in total. The zero-order valence-corrected chi connectivity index (χ0v) is 23.9. The zero-order chi connectivity index (χ0) is 28.8. The Bertz CT molecular complexity index is 1310. The van der Waals surface area contributed by atoms with E-state index in [4.69, 9.17) is 14.5 Å². The molecule has 40 heavy (non-hydrogen) atoms. The molecule has 3 heterocycles. The Morgan fingerprint density at radius 2 is 1.93 bits per heavy atom. The number of carbonyl (C=O) groups is 3. The number of hydrogen-bond acceptors (Lipinski definition) is 7. The third-order valence-electron chi connectivity index (χ3n) is 8.73. The van der Waals surface area contributed by atoms with Crippen molar-refractivity contribution < 1.29 is 28.2 Å². The summed E-state index contributed by atoms with van der Waals surface area (Å²) in [6.07, 6.45) is 4.74. The Morgan fingerprint density at radius 1 is 1.15 bits per heavy atom. The van der Waals surface area contributed by atoms with Gasteiger partial charge in [0.25, 0.3) is 0 Å². The second-order valence-electron chi connectivity index (χ2n) is 12.9. The molecule has 2 bridgehead atoms. The number of halogens is 1. The van der Waals surface area contributed by atoms with E-state index in [0.29, 0.717) is 29.0 Å². The van der Waals surface area contributed by atoms with Gasteiger partial charge in [0.1, 0.15) is 35.5 Å². The number of ether oxygens (including phenoxy) is 2. The fraction of sp³-hybridized carbons (Fsp3) is 0.633. The molecule has 1 aromatic heterocycles. The second kappa shape index (κ2) is 10.6. The van der Waals surface area contributed by atoms with Gasteiger partial charge in [-0.25, -0.2) is 19.2 Å². The fourth-order valence-electron chi connectivity index (χ4n) is 6.01. The minimum absolute atomic E-state index is 0.134. The second-order valence-corrected chi connectivity index (χ2v) is 12.9. The molecule has 2 amide bonds. The van der Waals surface area contributed by atoms with Crippen LogP contribution in [0.5, 0.6) is 5.88 Å². The van der Waals surface area contributed by atoms with Gasteiger partial charge in [0, 0.05) is 17.9 Å². The molecule has 0 unspecified atom stereocenters. The number of alkyl carbamates (subject to hydrolysis) is 1. The molecule has 216 valence electrons. The number of aryl methyl sites for hydroxylation is 1. The Balaban J connectivity index is 1.50. The number of aromatic nitrogens is 2. The van der Waals surface area contributed by atoms with E-state index >= 15 is 0 Å². The van der Waals surface area contributed by atoms with Gasteiger partial charge in [-0.05, 0) is 50.2 Å². The monoisotopic (exact) mass is 554 g/mol. The van der Waals surface area contributed by atoms with Gasteiger partial charge >= 0.3 is 6.09 Å². The van der Waals surface area contributed by atoms with Crippen molar-refractivity contribution in [3.8, 4) is 5.88 Å². The van der Waals surface area contributed by atoms with Crippen LogP contribution < -0.4 is 10.1 Å². The summed E-state index contributed by atoms with van der Waals surface area (Å²) in [5.74, 6) is -0.556. The van der Waals surface area contributed by atoms with E-state index in [0.717, 1.165) is 38.4 Å². The van der Waals surface area contributed by atoms with Crippen molar-refractivity contribution in [3.05, 3.63) is 29.7 Å². The van der Waals surface area contributed by atoms with Crippen LogP contribution in [-0.2, 0) is 20.7 Å². The molecule has 0 radical (unpaired) electrons. The van der Waals surface area contributed by atoms with Crippen molar-refractivity contribution in [3.63, 3.8) is 0 Å². The van der Waals surface area contributed by atoms with Gasteiger partial charge in [-0.3, -0.25) is 4.79 Å². The maximum atomic E-state index is 14.0. The Labute approximate surface area is 234 Å². The maximum Gasteiger partial charge on any atom is 0.408 e. The van der Waals surface area contributed by atoms with E-state index in [1.54, 1.807) is 6.07 Å². The van der Waals surface area contributed by atoms with E-state index in [2.05, 4.69) is 10.3 Å². The van der Waals surface area contributed by atoms with Crippen molar-refractivity contribution >= 4 is 29.3 Å². The van der Waals surface area contributed by atoms with Crippen molar-refractivity contribution in [1.29, 1.82) is 0 Å². The van der Waals surface area contributed by atoms with Crippen LogP contribution in [0.3, 0.4) is 0 Å². The van der Waals surface area contributed by atoms with E-state index in [1.807, 2.05) is 34.6 Å². The van der Waals surface area contributed by atoms with E-state index in [1.165, 1.54) is 17.0 Å². The van der Waals surface area contributed by atoms with Crippen LogP contribution in [0.2, 0.25) is 0 Å². The van der Waals surface area contributed by atoms with Crippen LogP contribution in [0.4, 0.5) is 9.18 Å². The van der Waals surface area contributed by atoms with E-state index in [-0.39, 0.29) is 24.3 Å². The van der Waals surface area contributed by atoms with Gasteiger partial charge in [-0.1, -0.05) is 40.5 Å². The largest absolute Gasteiger partial charge is 0.471 e. The lowest BCUT2D eigenvalue weighted by atomic mass is 9.85. The standard InChI is InChI=1S/C30H39FN4O5/c1-17-23(16-36)35-15-24(17)39-26-21(32-20-12-11-19(31)13-22(20)33-26)10-8-6-7-9-18-14-30(18,5)40-28(38)34-25(27(35)37)29(2,3)4/h11-13,16-18,23-25H,6-10,14-15H2,1-5H3,(H,34,38)/t17-,18+,23+,24-,25+,30+/m0/s1. The molecule has 5 rings (SSSR count). The van der Waals surface area contributed by atoms with Crippen LogP contribution in [0.15, 0.2) is 18.2 Å². The van der Waals surface area contributed by atoms with Crippen molar-refractivity contribution in [1.82, 2.24) is 20.2 Å². The number of amides is 2. The number of carbonyl (C=O) groups excluding carboxylic acids is 3. The average molecular weight is 555 g/mol. The minimum Gasteiger partial charge on any atom is -0.471 e. The SMILES string of the molecule is C[C@@H]1[C@@H]2CN(C(=O)[C@H](C(C)(C)C)NC(=O)O[C@]3(C)C[C@H]3CCCCCc3nc4ccc(F)cc4nc3O2)[C@@H]1C=O. The summed E-state index contributed by atoms with van der Waals surface area (Å²) in [5.41, 5.74) is 0.466. The Morgan fingerprint density at radius 3 is 2.65 bits per heavy atom. The summed E-state index contributed by atoms with van der Waals surface area (Å²) in [6, 6.07) is 2.64. The summed E-state index contributed by atoms with van der Waals surface area (Å²) in [4.78, 5) is 50.0. The lowest BCUT2D eigenvalue weighted by Gasteiger charge is -2.34. The predicted octanol–water partition coefficient (Wildman–Crippen LogP) is 4.60. The van der Waals surface area contributed by atoms with Gasteiger partial charge in [0.05, 0.1) is 23.6 Å². The first-order valence-corrected chi connectivity index (χ1v) is 14.3. The summed E-state index contributed by atoms with van der Waals surface area (Å²) >= 11 is 0. The molecular formula is C30H39FN4O5. The number of rotatable bonds is 1. The summed E-state index contributed by atoms with van der Waals surface area (Å²) < 4.78 is 26.2. The molecule has 2 aliphatic heterocycles. The van der Waals surface area contributed by atoms with Gasteiger partial charge in [-0.15, -0.1) is 0 Å². The molecule has 2 fully saturated rings. The molecular weight excluding hydrogens is 515 g/mol. The lowest BCUT2D eigenvalue weighted by Crippen LogP contribution is -2.56. The van der Waals surface area contributed by atoms with Crippen LogP contribution >= 0.6 is 0 Å². The number of aldehydes is 1. The molecule has 1 saturated heterocycles. The molecule has 1 saturated carbocycles. The first kappa shape index (κ1) is 28.2. The van der Waals surface area contributed by atoms with Crippen molar-refractivity contribution in [2.75, 3.05) is 6.54 Å². The molecule has 1 aromatic carbocycles. The minimum atomic E-state index is -0.910. The summed E-state index contributed by atoms with van der Waals surface area (Å²) in [6.45, 7) is 9.52. The van der Waals surface area contributed by atoms with Crippen LogP contribution in [0.1, 0.15) is 72.4 Å². The topological polar surface area (TPSA) is 111 Å². The molecule has 6 atom stereocenters. The van der Waals surface area contributed by atoms with E-state index in [9.17, 15) is 18.8 Å². The summed E-state index contributed by atoms with van der Waals surface area (Å²) in [7, 11) is 0. The zero-order valence-electron chi connectivity index (χ0n) is 23.9. The number of fused-ring (bicyclic) bond motifs is 5. The predicted molar refractivity (Wildman–Crippen MR) is 146 cm³/mol. The highest BCUT2D eigenvalue weighted by molar-refractivity contribution is 5.89. The highest BCUT2D eigenvalue weighted by Crippen LogP contribution is 2.49. The third kappa shape index (κ3) is 5.63. The fourth-order valence-corrected chi connectivity index (χ4v) is 6.01. The highest BCUT2D eigenvalue weighted by atomic mass is 19.1. The number of nitrogens with zero attached hydrogens (tertiary/aromatic N) is 3. The molecule has 1 N–H and O–H groups in total. The van der Waals surface area contributed by atoms with Crippen LogP contribution in [0, 0.1) is 23.1 Å². The molecule has 0 spiro atoms. The van der Waals surface area contributed by atoms with Crippen molar-refractivity contribution in [2.45, 2.75) is 96.9 Å². The smallest absolute Gasteiger partial charge is 0.408 e. The molecule has 10 heteroatoms. The first-order valence-electron chi connectivity index (χ1n) is 14.3. The molecule has 1 aliphatic carbocycles. The number of nitrogens with one attached hydrogen (secondary N) is 1. The first-order chi connectivity index (χ1) is 18.9. The van der Waals surface area contributed by atoms with E-state index < -0.39 is 41.1 Å². The van der Waals surface area contributed by atoms with Gasteiger partial charge < -0.3 is 24.5 Å².